The van der Waals surface area contributed by atoms with E-state index in [4.69, 9.17) is 9.47 Å². The second-order valence-electron chi connectivity index (χ2n) is 6.66. The molecule has 0 aliphatic carbocycles. The van der Waals surface area contributed by atoms with Crippen LogP contribution in [0.5, 0.6) is 5.75 Å². The van der Waals surface area contributed by atoms with Crippen LogP contribution in [0.15, 0.2) is 30.3 Å². The largest absolute Gasteiger partial charge is 0.491 e. The number of esters is 1. The fraction of sp³-hybridized carbons (Fsp3) is 0.545. The maximum Gasteiger partial charge on any atom is 0.307 e. The lowest BCUT2D eigenvalue weighted by Gasteiger charge is -2.20. The molecule has 0 saturated heterocycles. The van der Waals surface area contributed by atoms with E-state index in [2.05, 4.69) is 6.92 Å². The summed E-state index contributed by atoms with van der Waals surface area (Å²) in [6.07, 6.45) is 6.73. The van der Waals surface area contributed by atoms with Crippen LogP contribution < -0.4 is 4.74 Å². The Labute approximate surface area is 163 Å². The molecule has 1 rings (SSSR count). The molecule has 0 spiro atoms. The second-order valence-corrected chi connectivity index (χ2v) is 6.66. The molecular weight excluding hydrogens is 342 g/mol. The lowest BCUT2D eigenvalue weighted by Crippen LogP contribution is -2.33. The van der Waals surface area contributed by atoms with Crippen molar-refractivity contribution in [2.75, 3.05) is 19.7 Å². The molecule has 1 aromatic rings. The molecular formula is C22H33NO4. The lowest BCUT2D eigenvalue weighted by atomic mass is 10.2. The molecule has 0 N–H and O–H groups in total. The summed E-state index contributed by atoms with van der Waals surface area (Å²) < 4.78 is 10.6. The van der Waals surface area contributed by atoms with Crippen molar-refractivity contribution in [1.29, 1.82) is 0 Å². The van der Waals surface area contributed by atoms with Crippen LogP contribution in [0.1, 0.15) is 58.9 Å². The fourth-order valence-electron chi connectivity index (χ4n) is 2.58. The van der Waals surface area contributed by atoms with E-state index in [1.165, 1.54) is 0 Å². The highest BCUT2D eigenvalue weighted by Crippen LogP contribution is 2.16. The minimum atomic E-state index is -0.270. The molecule has 0 bridgehead atoms. The highest BCUT2D eigenvalue weighted by atomic mass is 16.5. The molecule has 5 nitrogen and oxygen atoms in total. The van der Waals surface area contributed by atoms with Crippen molar-refractivity contribution in [3.8, 4) is 5.75 Å². The van der Waals surface area contributed by atoms with Gasteiger partial charge in [-0.1, -0.05) is 31.9 Å². The zero-order valence-electron chi connectivity index (χ0n) is 17.1. The van der Waals surface area contributed by atoms with E-state index in [-0.39, 0.29) is 24.4 Å². The Kier molecular flexibility index (Phi) is 10.9. The Balaban J connectivity index is 2.72. The molecule has 0 atom stereocenters. The first-order valence-corrected chi connectivity index (χ1v) is 9.85. The molecule has 0 radical (unpaired) electrons. The third kappa shape index (κ3) is 9.83. The van der Waals surface area contributed by atoms with Gasteiger partial charge in [0.2, 0.25) is 5.91 Å². The van der Waals surface area contributed by atoms with Crippen LogP contribution in [-0.2, 0) is 14.3 Å². The highest BCUT2D eigenvalue weighted by Gasteiger charge is 2.13. The van der Waals surface area contributed by atoms with Crippen molar-refractivity contribution >= 4 is 18.0 Å². The van der Waals surface area contributed by atoms with Crippen LogP contribution in [0.3, 0.4) is 0 Å². The van der Waals surface area contributed by atoms with Gasteiger partial charge in [0.15, 0.2) is 0 Å². The van der Waals surface area contributed by atoms with E-state index in [0.717, 1.165) is 30.6 Å². The average Bonchev–Trinajstić information content (AvgIpc) is 2.62. The summed E-state index contributed by atoms with van der Waals surface area (Å²) in [5.41, 5.74) is 0.903. The third-order valence-electron chi connectivity index (χ3n) is 3.88. The maximum absolute atomic E-state index is 12.6. The van der Waals surface area contributed by atoms with Crippen LogP contribution in [0.25, 0.3) is 6.08 Å². The molecule has 0 saturated carbocycles. The first kappa shape index (κ1) is 22.7. The number of hydrogen-bond donors (Lipinski definition) is 0. The number of benzene rings is 1. The summed E-state index contributed by atoms with van der Waals surface area (Å²) in [5.74, 6) is 0.417. The zero-order valence-corrected chi connectivity index (χ0v) is 17.1. The fourth-order valence-corrected chi connectivity index (χ4v) is 2.58. The number of unbranched alkanes of at least 4 members (excludes halogenated alkanes) is 2. The van der Waals surface area contributed by atoms with Gasteiger partial charge >= 0.3 is 5.97 Å². The molecule has 5 heteroatoms. The number of carbonyl (C=O) groups is 2. The standard InChI is InChI=1S/C22H33NO4/c1-5-7-8-15-23(16-14-22(25)26-6-2)21(24)13-12-19-10-9-11-20(17-19)27-18(3)4/h9-13,17-18H,5-8,14-16H2,1-4H3/b13-12+. The Morgan fingerprint density at radius 3 is 2.59 bits per heavy atom. The normalized spacial score (nSPS) is 11.0. The van der Waals surface area contributed by atoms with Gasteiger partial charge in [-0.2, -0.15) is 0 Å². The number of ether oxygens (including phenoxy) is 2. The number of rotatable bonds is 12. The van der Waals surface area contributed by atoms with Gasteiger partial charge in [0, 0.05) is 19.2 Å². The molecule has 0 unspecified atom stereocenters. The van der Waals surface area contributed by atoms with Gasteiger partial charge in [0.05, 0.1) is 19.1 Å². The first-order valence-electron chi connectivity index (χ1n) is 9.85. The molecule has 1 amide bonds. The van der Waals surface area contributed by atoms with Gasteiger partial charge in [0.25, 0.3) is 0 Å². The Morgan fingerprint density at radius 1 is 1.15 bits per heavy atom. The van der Waals surface area contributed by atoms with Crippen LogP contribution in [0, 0.1) is 0 Å². The van der Waals surface area contributed by atoms with Crippen molar-refractivity contribution in [2.24, 2.45) is 0 Å². The van der Waals surface area contributed by atoms with Crippen molar-refractivity contribution in [1.82, 2.24) is 4.90 Å². The van der Waals surface area contributed by atoms with E-state index in [1.54, 1.807) is 24.0 Å². The Hall–Kier alpha value is -2.30. The number of amides is 1. The van der Waals surface area contributed by atoms with Gasteiger partial charge < -0.3 is 14.4 Å². The smallest absolute Gasteiger partial charge is 0.307 e. The molecule has 0 fully saturated rings. The first-order chi connectivity index (χ1) is 13.0. The molecule has 1 aromatic carbocycles. The van der Waals surface area contributed by atoms with Crippen molar-refractivity contribution in [2.45, 2.75) is 59.5 Å². The van der Waals surface area contributed by atoms with Crippen LogP contribution >= 0.6 is 0 Å². The molecule has 0 aliphatic heterocycles. The zero-order chi connectivity index (χ0) is 20.1. The van der Waals surface area contributed by atoms with E-state index in [9.17, 15) is 9.59 Å². The lowest BCUT2D eigenvalue weighted by molar-refractivity contribution is -0.143. The van der Waals surface area contributed by atoms with Gasteiger partial charge in [-0.25, -0.2) is 0 Å². The molecule has 0 heterocycles. The summed E-state index contributed by atoms with van der Waals surface area (Å²) in [6, 6.07) is 7.64. The van der Waals surface area contributed by atoms with Crippen molar-refractivity contribution in [3.63, 3.8) is 0 Å². The summed E-state index contributed by atoms with van der Waals surface area (Å²) in [5, 5.41) is 0. The molecule has 0 aliphatic rings. The number of carbonyl (C=O) groups excluding carboxylic acids is 2. The summed E-state index contributed by atoms with van der Waals surface area (Å²) in [6.45, 7) is 9.23. The van der Waals surface area contributed by atoms with E-state index in [1.807, 2.05) is 38.1 Å². The predicted octanol–water partition coefficient (Wildman–Crippen LogP) is 4.46. The van der Waals surface area contributed by atoms with Crippen LogP contribution in [0.2, 0.25) is 0 Å². The van der Waals surface area contributed by atoms with Gasteiger partial charge in [-0.05, 0) is 51.0 Å². The average molecular weight is 376 g/mol. The van der Waals surface area contributed by atoms with E-state index >= 15 is 0 Å². The Bertz CT molecular complexity index is 610. The van der Waals surface area contributed by atoms with Gasteiger partial charge in [-0.15, -0.1) is 0 Å². The van der Waals surface area contributed by atoms with Crippen molar-refractivity contribution < 1.29 is 19.1 Å². The minimum absolute atomic E-state index is 0.0921. The van der Waals surface area contributed by atoms with Gasteiger partial charge in [-0.3, -0.25) is 9.59 Å². The quantitative estimate of drug-likeness (QED) is 0.307. The SMILES string of the molecule is CCCCCN(CCC(=O)OCC)C(=O)/C=C/c1cccc(OC(C)C)c1. The van der Waals surface area contributed by atoms with Gasteiger partial charge in [0.1, 0.15) is 5.75 Å². The maximum atomic E-state index is 12.6. The van der Waals surface area contributed by atoms with E-state index in [0.29, 0.717) is 19.7 Å². The summed E-state index contributed by atoms with van der Waals surface area (Å²) in [7, 11) is 0. The second kappa shape index (κ2) is 13.0. The third-order valence-corrected chi connectivity index (χ3v) is 3.88. The molecule has 27 heavy (non-hydrogen) atoms. The minimum Gasteiger partial charge on any atom is -0.491 e. The van der Waals surface area contributed by atoms with Crippen LogP contribution in [-0.4, -0.2) is 42.6 Å². The monoisotopic (exact) mass is 375 g/mol. The molecule has 150 valence electrons. The van der Waals surface area contributed by atoms with E-state index < -0.39 is 0 Å². The number of hydrogen-bond acceptors (Lipinski definition) is 4. The Morgan fingerprint density at radius 2 is 1.93 bits per heavy atom. The topological polar surface area (TPSA) is 55.8 Å². The van der Waals surface area contributed by atoms with Crippen LogP contribution in [0.4, 0.5) is 0 Å². The summed E-state index contributed by atoms with van der Waals surface area (Å²) in [4.78, 5) is 25.9. The predicted molar refractivity (Wildman–Crippen MR) is 109 cm³/mol. The summed E-state index contributed by atoms with van der Waals surface area (Å²) >= 11 is 0. The highest BCUT2D eigenvalue weighted by molar-refractivity contribution is 5.92. The van der Waals surface area contributed by atoms with Crippen molar-refractivity contribution in [3.05, 3.63) is 35.9 Å². The molecule has 0 aromatic heterocycles. The number of nitrogens with zero attached hydrogens (tertiary/aromatic N) is 1.